The standard InChI is InChI=1S/C13H8IN5O/c14-9-5-8(7-15)6-10(16)12(9)20-13-11-1-2-18-19(11)4-3-17-13/h1-6H,16H2. The number of hydrogen-bond donors (Lipinski definition) is 1. The van der Waals surface area contributed by atoms with Gasteiger partial charge in [0.05, 0.1) is 27.1 Å². The van der Waals surface area contributed by atoms with Crippen LogP contribution in [0.4, 0.5) is 5.69 Å². The topological polar surface area (TPSA) is 89.2 Å². The molecule has 3 aromatic rings. The number of rotatable bonds is 2. The number of anilines is 1. The largest absolute Gasteiger partial charge is 0.434 e. The van der Waals surface area contributed by atoms with Gasteiger partial charge in [0.25, 0.3) is 0 Å². The molecule has 1 aromatic carbocycles. The predicted octanol–water partition coefficient (Wildman–Crippen LogP) is 2.58. The van der Waals surface area contributed by atoms with Crippen LogP contribution in [-0.4, -0.2) is 14.6 Å². The molecule has 0 atom stereocenters. The van der Waals surface area contributed by atoms with Gasteiger partial charge in [-0.05, 0) is 40.8 Å². The van der Waals surface area contributed by atoms with Crippen LogP contribution in [0.3, 0.4) is 0 Å². The number of nitriles is 1. The van der Waals surface area contributed by atoms with Crippen LogP contribution in [0.2, 0.25) is 0 Å². The zero-order valence-corrected chi connectivity index (χ0v) is 12.3. The van der Waals surface area contributed by atoms with Crippen molar-refractivity contribution < 1.29 is 4.74 Å². The average molecular weight is 377 g/mol. The summed E-state index contributed by atoms with van der Waals surface area (Å²) in [6, 6.07) is 7.14. The highest BCUT2D eigenvalue weighted by Gasteiger charge is 2.12. The first-order chi connectivity index (χ1) is 9.69. The number of benzene rings is 1. The molecule has 0 aliphatic carbocycles. The number of aromatic nitrogens is 3. The van der Waals surface area contributed by atoms with Crippen molar-refractivity contribution in [3.05, 3.63) is 45.9 Å². The Hall–Kier alpha value is -2.34. The van der Waals surface area contributed by atoms with Gasteiger partial charge >= 0.3 is 0 Å². The van der Waals surface area contributed by atoms with Gasteiger partial charge in [-0.2, -0.15) is 10.4 Å². The van der Waals surface area contributed by atoms with E-state index in [-0.39, 0.29) is 0 Å². The summed E-state index contributed by atoms with van der Waals surface area (Å²) in [6.45, 7) is 0. The van der Waals surface area contributed by atoms with Crippen LogP contribution in [0, 0.1) is 14.9 Å². The van der Waals surface area contributed by atoms with Crippen LogP contribution < -0.4 is 10.5 Å². The van der Waals surface area contributed by atoms with Crippen molar-refractivity contribution in [2.24, 2.45) is 0 Å². The maximum absolute atomic E-state index is 8.91. The molecule has 0 radical (unpaired) electrons. The summed E-state index contributed by atoms with van der Waals surface area (Å²) in [5, 5.41) is 13.0. The number of ether oxygens (including phenoxy) is 1. The first-order valence-electron chi connectivity index (χ1n) is 5.64. The number of halogens is 1. The number of nitrogens with zero attached hydrogens (tertiary/aromatic N) is 4. The molecule has 0 fully saturated rings. The Balaban J connectivity index is 2.08. The maximum Gasteiger partial charge on any atom is 0.245 e. The van der Waals surface area contributed by atoms with Crippen LogP contribution in [0.5, 0.6) is 11.6 Å². The molecule has 2 aromatic heterocycles. The van der Waals surface area contributed by atoms with E-state index in [0.717, 1.165) is 9.09 Å². The molecule has 0 spiro atoms. The quantitative estimate of drug-likeness (QED) is 0.548. The highest BCUT2D eigenvalue weighted by molar-refractivity contribution is 14.1. The van der Waals surface area contributed by atoms with Gasteiger partial charge < -0.3 is 10.5 Å². The summed E-state index contributed by atoms with van der Waals surface area (Å²) in [7, 11) is 0. The van der Waals surface area contributed by atoms with Gasteiger partial charge in [-0.3, -0.25) is 0 Å². The molecule has 0 saturated heterocycles. The van der Waals surface area contributed by atoms with Gasteiger partial charge in [-0.25, -0.2) is 9.50 Å². The maximum atomic E-state index is 8.91. The summed E-state index contributed by atoms with van der Waals surface area (Å²) in [6.07, 6.45) is 4.99. The smallest absolute Gasteiger partial charge is 0.245 e. The van der Waals surface area contributed by atoms with E-state index in [4.69, 9.17) is 15.7 Å². The molecule has 2 heterocycles. The fourth-order valence-electron chi connectivity index (χ4n) is 1.79. The minimum atomic E-state index is 0.400. The summed E-state index contributed by atoms with van der Waals surface area (Å²) in [5.74, 6) is 0.908. The zero-order chi connectivity index (χ0) is 14.1. The third-order valence-electron chi connectivity index (χ3n) is 2.69. The molecular weight excluding hydrogens is 369 g/mol. The number of nitrogens with two attached hydrogens (primary N) is 1. The number of fused-ring (bicyclic) bond motifs is 1. The Kier molecular flexibility index (Phi) is 3.15. The lowest BCUT2D eigenvalue weighted by Crippen LogP contribution is -1.99. The van der Waals surface area contributed by atoms with Crippen LogP contribution in [0.15, 0.2) is 36.8 Å². The fourth-order valence-corrected chi connectivity index (χ4v) is 2.55. The van der Waals surface area contributed by atoms with Gasteiger partial charge in [0.2, 0.25) is 5.88 Å². The molecule has 3 rings (SSSR count). The number of hydrogen-bond acceptors (Lipinski definition) is 5. The minimum absolute atomic E-state index is 0.400. The van der Waals surface area contributed by atoms with Gasteiger partial charge in [-0.15, -0.1) is 0 Å². The van der Waals surface area contributed by atoms with Crippen molar-refractivity contribution in [2.75, 3.05) is 5.73 Å². The lowest BCUT2D eigenvalue weighted by molar-refractivity contribution is 0.464. The summed E-state index contributed by atoms with van der Waals surface area (Å²) >= 11 is 2.08. The van der Waals surface area contributed by atoms with Crippen molar-refractivity contribution in [2.45, 2.75) is 0 Å². The monoisotopic (exact) mass is 377 g/mol. The predicted molar refractivity (Wildman–Crippen MR) is 81.3 cm³/mol. The van der Waals surface area contributed by atoms with E-state index in [0.29, 0.717) is 22.9 Å². The molecule has 2 N–H and O–H groups in total. The Morgan fingerprint density at radius 2 is 2.20 bits per heavy atom. The van der Waals surface area contributed by atoms with Crippen LogP contribution in [0.25, 0.3) is 5.52 Å². The van der Waals surface area contributed by atoms with Crippen molar-refractivity contribution in [3.63, 3.8) is 0 Å². The number of nitrogen functional groups attached to an aromatic ring is 1. The molecule has 7 heteroatoms. The Morgan fingerprint density at radius 3 is 2.95 bits per heavy atom. The Bertz CT molecular complexity index is 813. The van der Waals surface area contributed by atoms with E-state index in [9.17, 15) is 0 Å². The second-order valence-corrected chi connectivity index (χ2v) is 5.15. The Labute approximate surface area is 127 Å². The van der Waals surface area contributed by atoms with E-state index >= 15 is 0 Å². The molecule has 0 aliphatic heterocycles. The van der Waals surface area contributed by atoms with Gasteiger partial charge in [0, 0.05) is 12.4 Å². The van der Waals surface area contributed by atoms with E-state index in [1.54, 1.807) is 41.3 Å². The lowest BCUT2D eigenvalue weighted by Gasteiger charge is -2.10. The highest BCUT2D eigenvalue weighted by Crippen LogP contribution is 2.34. The summed E-state index contributed by atoms with van der Waals surface area (Å²) < 4.78 is 8.21. The average Bonchev–Trinajstić information content (AvgIpc) is 2.91. The second-order valence-electron chi connectivity index (χ2n) is 3.98. The summed E-state index contributed by atoms with van der Waals surface area (Å²) in [5.41, 5.74) is 7.57. The highest BCUT2D eigenvalue weighted by atomic mass is 127. The summed E-state index contributed by atoms with van der Waals surface area (Å²) in [4.78, 5) is 4.19. The van der Waals surface area contributed by atoms with E-state index in [1.165, 1.54) is 0 Å². The Morgan fingerprint density at radius 1 is 1.35 bits per heavy atom. The van der Waals surface area contributed by atoms with E-state index < -0.39 is 0 Å². The molecule has 98 valence electrons. The zero-order valence-electron chi connectivity index (χ0n) is 10.1. The van der Waals surface area contributed by atoms with Crippen LogP contribution >= 0.6 is 22.6 Å². The SMILES string of the molecule is N#Cc1cc(N)c(Oc2nccn3nccc23)c(I)c1. The van der Waals surface area contributed by atoms with Crippen LogP contribution in [-0.2, 0) is 0 Å². The van der Waals surface area contributed by atoms with Crippen molar-refractivity contribution >= 4 is 33.8 Å². The lowest BCUT2D eigenvalue weighted by atomic mass is 10.2. The normalized spacial score (nSPS) is 10.4. The van der Waals surface area contributed by atoms with Gasteiger partial charge in [0.15, 0.2) is 5.75 Å². The van der Waals surface area contributed by atoms with E-state index in [2.05, 4.69) is 38.7 Å². The third-order valence-corrected chi connectivity index (χ3v) is 3.49. The van der Waals surface area contributed by atoms with Crippen molar-refractivity contribution in [1.29, 1.82) is 5.26 Å². The third kappa shape index (κ3) is 2.14. The molecule has 0 unspecified atom stereocenters. The molecule has 0 bridgehead atoms. The van der Waals surface area contributed by atoms with Gasteiger partial charge in [-0.1, -0.05) is 0 Å². The van der Waals surface area contributed by atoms with Crippen molar-refractivity contribution in [1.82, 2.24) is 14.6 Å². The molecular formula is C13H8IN5O. The first-order valence-corrected chi connectivity index (χ1v) is 6.72. The van der Waals surface area contributed by atoms with E-state index in [1.807, 2.05) is 0 Å². The molecule has 0 amide bonds. The molecule has 20 heavy (non-hydrogen) atoms. The minimum Gasteiger partial charge on any atom is -0.434 e. The van der Waals surface area contributed by atoms with Gasteiger partial charge in [0.1, 0.15) is 5.52 Å². The first kappa shape index (κ1) is 12.7. The van der Waals surface area contributed by atoms with Crippen LogP contribution in [0.1, 0.15) is 5.56 Å². The fraction of sp³-hybridized carbons (Fsp3) is 0. The molecule has 0 aliphatic rings. The molecule has 6 nitrogen and oxygen atoms in total. The van der Waals surface area contributed by atoms with Crippen molar-refractivity contribution in [3.8, 4) is 17.7 Å². The second kappa shape index (κ2) is 4.97. The molecule has 0 saturated carbocycles.